The molecule has 0 rings (SSSR count). The number of nitrogens with one attached hydrogen (secondary N) is 1. The van der Waals surface area contributed by atoms with E-state index in [2.05, 4.69) is 19.2 Å². The van der Waals surface area contributed by atoms with E-state index >= 15 is 0 Å². The van der Waals surface area contributed by atoms with Gasteiger partial charge in [0.25, 0.3) is 0 Å². The Balaban J connectivity index is 4.09. The van der Waals surface area contributed by atoms with Gasteiger partial charge in [-0.05, 0) is 45.8 Å². The molecular formula is C14H31N3O2. The van der Waals surface area contributed by atoms with E-state index in [9.17, 15) is 9.90 Å². The summed E-state index contributed by atoms with van der Waals surface area (Å²) in [5.74, 6) is 0.729. The molecule has 0 aliphatic rings. The van der Waals surface area contributed by atoms with Gasteiger partial charge in [0.05, 0.1) is 5.60 Å². The Morgan fingerprint density at radius 2 is 2.00 bits per heavy atom. The molecule has 2 atom stereocenters. The van der Waals surface area contributed by atoms with Gasteiger partial charge in [-0.2, -0.15) is 0 Å². The largest absolute Gasteiger partial charge is 0.387 e. The molecular weight excluding hydrogens is 242 g/mol. The van der Waals surface area contributed by atoms with E-state index in [0.717, 1.165) is 6.42 Å². The first kappa shape index (κ1) is 18.4. The monoisotopic (exact) mass is 273 g/mol. The molecule has 0 fully saturated rings. The number of hydrogen-bond acceptors (Lipinski definition) is 4. The van der Waals surface area contributed by atoms with Crippen LogP contribution in [0.15, 0.2) is 0 Å². The lowest BCUT2D eigenvalue weighted by Gasteiger charge is -2.27. The van der Waals surface area contributed by atoms with Crippen molar-refractivity contribution in [3.8, 4) is 0 Å². The molecule has 0 saturated heterocycles. The number of aliphatic hydroxyl groups is 1. The smallest absolute Gasteiger partial charge is 0.220 e. The van der Waals surface area contributed by atoms with Crippen LogP contribution < -0.4 is 11.1 Å². The highest BCUT2D eigenvalue weighted by atomic mass is 16.3. The van der Waals surface area contributed by atoms with Gasteiger partial charge in [-0.25, -0.2) is 0 Å². The number of hydrogen-bond donors (Lipinski definition) is 3. The lowest BCUT2D eigenvalue weighted by atomic mass is 9.94. The summed E-state index contributed by atoms with van der Waals surface area (Å²) in [6.45, 7) is 7.29. The van der Waals surface area contributed by atoms with Gasteiger partial charge in [0.15, 0.2) is 0 Å². The molecule has 0 aliphatic carbocycles. The summed E-state index contributed by atoms with van der Waals surface area (Å²) in [7, 11) is 3.78. The Bertz CT molecular complexity index is 265. The fourth-order valence-corrected chi connectivity index (χ4v) is 2.29. The highest BCUT2D eigenvalue weighted by molar-refractivity contribution is 5.76. The summed E-state index contributed by atoms with van der Waals surface area (Å²) in [5, 5.41) is 12.9. The maximum Gasteiger partial charge on any atom is 0.220 e. The normalized spacial score (nSPS) is 16.5. The van der Waals surface area contributed by atoms with Crippen molar-refractivity contribution in [3.05, 3.63) is 0 Å². The van der Waals surface area contributed by atoms with Gasteiger partial charge in [-0.1, -0.05) is 13.8 Å². The van der Waals surface area contributed by atoms with Crippen LogP contribution in [0.5, 0.6) is 0 Å². The summed E-state index contributed by atoms with van der Waals surface area (Å²) >= 11 is 0. The van der Waals surface area contributed by atoms with Crippen LogP contribution in [0, 0.1) is 11.8 Å². The van der Waals surface area contributed by atoms with Crippen LogP contribution >= 0.6 is 0 Å². The minimum Gasteiger partial charge on any atom is -0.387 e. The Morgan fingerprint density at radius 3 is 2.42 bits per heavy atom. The van der Waals surface area contributed by atoms with E-state index in [1.807, 2.05) is 19.0 Å². The van der Waals surface area contributed by atoms with Gasteiger partial charge in [-0.3, -0.25) is 4.79 Å². The van der Waals surface area contributed by atoms with Crippen LogP contribution in [0.3, 0.4) is 0 Å². The van der Waals surface area contributed by atoms with Crippen molar-refractivity contribution in [1.29, 1.82) is 0 Å². The molecule has 0 aliphatic heterocycles. The van der Waals surface area contributed by atoms with Crippen molar-refractivity contribution in [2.24, 2.45) is 17.6 Å². The molecule has 0 aromatic carbocycles. The standard InChI is InChI=1S/C14H31N3O2/c1-11(2)6-12(8-15)7-13(18)16-9-14(3,19)10-17(4)5/h11-12,19H,6-10,15H2,1-5H3,(H,16,18). The number of amides is 1. The molecule has 4 N–H and O–H groups in total. The highest BCUT2D eigenvalue weighted by Crippen LogP contribution is 2.14. The first-order chi connectivity index (χ1) is 8.66. The van der Waals surface area contributed by atoms with Gasteiger partial charge in [0, 0.05) is 19.5 Å². The van der Waals surface area contributed by atoms with Gasteiger partial charge >= 0.3 is 0 Å². The third-order valence-corrected chi connectivity index (χ3v) is 2.94. The predicted octanol–water partition coefficient (Wildman–Crippen LogP) is 0.426. The number of nitrogens with zero attached hydrogens (tertiary/aromatic N) is 1. The summed E-state index contributed by atoms with van der Waals surface area (Å²) in [6, 6.07) is 0. The van der Waals surface area contributed by atoms with Crippen molar-refractivity contribution >= 4 is 5.91 Å². The highest BCUT2D eigenvalue weighted by Gasteiger charge is 2.22. The second-order valence-electron chi connectivity index (χ2n) is 6.45. The molecule has 0 spiro atoms. The average molecular weight is 273 g/mol. The number of carbonyl (C=O) groups excluding carboxylic acids is 1. The molecule has 0 bridgehead atoms. The summed E-state index contributed by atoms with van der Waals surface area (Å²) in [6.07, 6.45) is 1.39. The first-order valence-corrected chi connectivity index (χ1v) is 7.00. The van der Waals surface area contributed by atoms with E-state index < -0.39 is 5.60 Å². The molecule has 0 aromatic rings. The quantitative estimate of drug-likeness (QED) is 0.569. The molecule has 0 aromatic heterocycles. The zero-order valence-corrected chi connectivity index (χ0v) is 13.1. The van der Waals surface area contributed by atoms with E-state index in [0.29, 0.717) is 25.4 Å². The van der Waals surface area contributed by atoms with Crippen LogP contribution in [0.25, 0.3) is 0 Å². The second kappa shape index (κ2) is 8.51. The van der Waals surface area contributed by atoms with Crippen LogP contribution in [-0.4, -0.2) is 55.2 Å². The van der Waals surface area contributed by atoms with Crippen molar-refractivity contribution in [3.63, 3.8) is 0 Å². The SMILES string of the molecule is CC(C)CC(CN)CC(=O)NCC(C)(O)CN(C)C. The third-order valence-electron chi connectivity index (χ3n) is 2.94. The second-order valence-corrected chi connectivity index (χ2v) is 6.45. The Labute approximate surface area is 117 Å². The number of nitrogens with two attached hydrogens (primary N) is 1. The fraction of sp³-hybridized carbons (Fsp3) is 0.929. The summed E-state index contributed by atoms with van der Waals surface area (Å²) < 4.78 is 0. The lowest BCUT2D eigenvalue weighted by molar-refractivity contribution is -0.123. The van der Waals surface area contributed by atoms with Crippen molar-refractivity contribution in [2.45, 2.75) is 39.2 Å². The first-order valence-electron chi connectivity index (χ1n) is 7.00. The third kappa shape index (κ3) is 9.87. The van der Waals surface area contributed by atoms with Crippen molar-refractivity contribution < 1.29 is 9.90 Å². The van der Waals surface area contributed by atoms with Crippen molar-refractivity contribution in [1.82, 2.24) is 10.2 Å². The van der Waals surface area contributed by atoms with Crippen LogP contribution in [0.1, 0.15) is 33.6 Å². The van der Waals surface area contributed by atoms with E-state index in [1.54, 1.807) is 6.92 Å². The van der Waals surface area contributed by atoms with Crippen LogP contribution in [-0.2, 0) is 4.79 Å². The minimum atomic E-state index is -0.907. The number of rotatable bonds is 9. The lowest BCUT2D eigenvalue weighted by Crippen LogP contribution is -2.47. The molecule has 0 saturated carbocycles. The molecule has 114 valence electrons. The zero-order valence-electron chi connectivity index (χ0n) is 13.1. The number of likely N-dealkylation sites (N-methyl/N-ethyl adjacent to an activating group) is 1. The Hall–Kier alpha value is -0.650. The predicted molar refractivity (Wildman–Crippen MR) is 78.8 cm³/mol. The van der Waals surface area contributed by atoms with Gasteiger partial charge in [-0.15, -0.1) is 0 Å². The van der Waals surface area contributed by atoms with Crippen molar-refractivity contribution in [2.75, 3.05) is 33.7 Å². The molecule has 0 heterocycles. The molecule has 1 amide bonds. The molecule has 19 heavy (non-hydrogen) atoms. The summed E-state index contributed by atoms with van der Waals surface area (Å²) in [4.78, 5) is 13.7. The zero-order chi connectivity index (χ0) is 15.1. The number of carbonyl (C=O) groups is 1. The fourth-order valence-electron chi connectivity index (χ4n) is 2.29. The van der Waals surface area contributed by atoms with E-state index in [4.69, 9.17) is 5.73 Å². The summed E-state index contributed by atoms with van der Waals surface area (Å²) in [5.41, 5.74) is 4.77. The molecule has 0 radical (unpaired) electrons. The molecule has 5 heteroatoms. The Kier molecular flexibility index (Phi) is 8.22. The topological polar surface area (TPSA) is 78.6 Å². The molecule has 5 nitrogen and oxygen atoms in total. The van der Waals surface area contributed by atoms with Crippen LogP contribution in [0.4, 0.5) is 0 Å². The van der Waals surface area contributed by atoms with Gasteiger partial charge in [0.2, 0.25) is 5.91 Å². The Morgan fingerprint density at radius 1 is 1.42 bits per heavy atom. The van der Waals surface area contributed by atoms with Gasteiger partial charge in [0.1, 0.15) is 0 Å². The van der Waals surface area contributed by atoms with Gasteiger partial charge < -0.3 is 21.1 Å². The van der Waals surface area contributed by atoms with Crippen LogP contribution in [0.2, 0.25) is 0 Å². The minimum absolute atomic E-state index is 0.0323. The van der Waals surface area contributed by atoms with E-state index in [-0.39, 0.29) is 18.4 Å². The van der Waals surface area contributed by atoms with E-state index in [1.165, 1.54) is 0 Å². The molecule has 2 unspecified atom stereocenters. The maximum atomic E-state index is 11.8. The average Bonchev–Trinajstić information content (AvgIpc) is 2.23. The maximum absolute atomic E-state index is 11.8.